The summed E-state index contributed by atoms with van der Waals surface area (Å²) >= 11 is 0. The second kappa shape index (κ2) is 5.08. The zero-order valence-corrected chi connectivity index (χ0v) is 13.1. The number of hydrogen-bond donors (Lipinski definition) is 0. The van der Waals surface area contributed by atoms with Crippen LogP contribution in [0.15, 0.2) is 24.3 Å². The highest BCUT2D eigenvalue weighted by molar-refractivity contribution is 6.26. The number of unbranched alkanes of at least 4 members (excludes halogenated alkanes) is 1. The predicted molar refractivity (Wildman–Crippen MR) is 87.7 cm³/mol. The standard InChI is InChI=1S/C19H18NO3/c1-3-4-8-20-18(21)14-7-5-6-13-16(14)15(19(20)22)10-12-9-11(2)23-17(12)13/h5-7,10-11H,2-4,8-9H2,1H3. The molecule has 23 heavy (non-hydrogen) atoms. The molecule has 4 rings (SSSR count). The number of amides is 2. The molecular weight excluding hydrogens is 290 g/mol. The molecule has 2 aliphatic heterocycles. The molecule has 4 heteroatoms. The number of carbonyl (C=O) groups excluding carboxylic acids is 2. The third kappa shape index (κ3) is 1.97. The van der Waals surface area contributed by atoms with Gasteiger partial charge in [0, 0.05) is 34.9 Å². The summed E-state index contributed by atoms with van der Waals surface area (Å²) in [6.45, 7) is 6.47. The largest absolute Gasteiger partial charge is 0.489 e. The lowest BCUT2D eigenvalue weighted by Gasteiger charge is -2.27. The average molecular weight is 308 g/mol. The lowest BCUT2D eigenvalue weighted by Crippen LogP contribution is -2.40. The van der Waals surface area contributed by atoms with Crippen LogP contribution in [0.4, 0.5) is 0 Å². The van der Waals surface area contributed by atoms with Crippen LogP contribution in [0.5, 0.6) is 5.75 Å². The Morgan fingerprint density at radius 1 is 1.26 bits per heavy atom. The van der Waals surface area contributed by atoms with Gasteiger partial charge in [-0.1, -0.05) is 25.5 Å². The van der Waals surface area contributed by atoms with Crippen molar-refractivity contribution in [3.05, 3.63) is 47.9 Å². The Morgan fingerprint density at radius 3 is 2.83 bits per heavy atom. The van der Waals surface area contributed by atoms with Crippen LogP contribution < -0.4 is 4.74 Å². The third-order valence-electron chi connectivity index (χ3n) is 4.61. The summed E-state index contributed by atoms with van der Waals surface area (Å²) in [4.78, 5) is 27.0. The molecule has 117 valence electrons. The summed E-state index contributed by atoms with van der Waals surface area (Å²) in [6, 6.07) is 7.46. The van der Waals surface area contributed by atoms with Gasteiger partial charge in [0.1, 0.15) is 11.9 Å². The first-order valence-electron chi connectivity index (χ1n) is 8.06. The monoisotopic (exact) mass is 308 g/mol. The number of nitrogens with zero attached hydrogens (tertiary/aromatic N) is 1. The quantitative estimate of drug-likeness (QED) is 0.817. The van der Waals surface area contributed by atoms with Crippen molar-refractivity contribution in [2.45, 2.75) is 32.3 Å². The topological polar surface area (TPSA) is 46.6 Å². The van der Waals surface area contributed by atoms with Crippen molar-refractivity contribution in [1.82, 2.24) is 4.90 Å². The van der Waals surface area contributed by atoms with Crippen molar-refractivity contribution >= 4 is 22.6 Å². The molecule has 1 unspecified atom stereocenters. The van der Waals surface area contributed by atoms with Gasteiger partial charge in [0.05, 0.1) is 0 Å². The fourth-order valence-corrected chi connectivity index (χ4v) is 3.51. The van der Waals surface area contributed by atoms with E-state index in [1.165, 1.54) is 4.90 Å². The molecule has 0 spiro atoms. The number of hydrogen-bond acceptors (Lipinski definition) is 3. The van der Waals surface area contributed by atoms with Crippen LogP contribution in [-0.2, 0) is 6.42 Å². The van der Waals surface area contributed by atoms with Crippen LogP contribution in [0.3, 0.4) is 0 Å². The SMILES string of the molecule is [CH2]C1Cc2cc3c4c(cccc4c2O1)C(=O)N(CCCC)C3=O. The van der Waals surface area contributed by atoms with Gasteiger partial charge in [0.15, 0.2) is 0 Å². The Hall–Kier alpha value is -2.36. The zero-order chi connectivity index (χ0) is 16.1. The van der Waals surface area contributed by atoms with Gasteiger partial charge < -0.3 is 4.74 Å². The molecule has 2 heterocycles. The molecule has 2 aromatic carbocycles. The Labute approximate surface area is 135 Å². The van der Waals surface area contributed by atoms with Crippen molar-refractivity contribution in [2.75, 3.05) is 6.54 Å². The number of benzene rings is 2. The van der Waals surface area contributed by atoms with Gasteiger partial charge in [0.25, 0.3) is 11.8 Å². The highest BCUT2D eigenvalue weighted by Crippen LogP contribution is 2.41. The third-order valence-corrected chi connectivity index (χ3v) is 4.61. The van der Waals surface area contributed by atoms with Gasteiger partial charge in [-0.05, 0) is 31.0 Å². The molecule has 0 saturated heterocycles. The van der Waals surface area contributed by atoms with Crippen molar-refractivity contribution in [1.29, 1.82) is 0 Å². The Bertz CT molecular complexity index is 840. The van der Waals surface area contributed by atoms with Crippen LogP contribution in [0.25, 0.3) is 10.8 Å². The first-order chi connectivity index (χ1) is 11.1. The van der Waals surface area contributed by atoms with Crippen LogP contribution in [0, 0.1) is 6.92 Å². The second-order valence-corrected chi connectivity index (χ2v) is 6.20. The molecule has 1 radical (unpaired) electrons. The van der Waals surface area contributed by atoms with Crippen LogP contribution in [0.1, 0.15) is 46.0 Å². The number of imide groups is 1. The van der Waals surface area contributed by atoms with E-state index in [4.69, 9.17) is 4.74 Å². The minimum atomic E-state index is -0.203. The number of carbonyl (C=O) groups is 2. The van der Waals surface area contributed by atoms with E-state index in [1.54, 1.807) is 6.07 Å². The summed E-state index contributed by atoms with van der Waals surface area (Å²) in [7, 11) is 0. The summed E-state index contributed by atoms with van der Waals surface area (Å²) in [5.41, 5.74) is 2.21. The summed E-state index contributed by atoms with van der Waals surface area (Å²) in [5, 5.41) is 1.57. The molecule has 1 atom stereocenters. The van der Waals surface area contributed by atoms with Crippen LogP contribution >= 0.6 is 0 Å². The number of fused-ring (bicyclic) bond motifs is 2. The molecular formula is C19H18NO3. The maximum atomic E-state index is 12.8. The molecule has 0 aliphatic carbocycles. The maximum absolute atomic E-state index is 12.8. The van der Waals surface area contributed by atoms with Crippen LogP contribution in [-0.4, -0.2) is 29.4 Å². The smallest absolute Gasteiger partial charge is 0.261 e. The molecule has 0 saturated carbocycles. The molecule has 0 bridgehead atoms. The van der Waals surface area contributed by atoms with Gasteiger partial charge in [-0.25, -0.2) is 0 Å². The van der Waals surface area contributed by atoms with E-state index in [-0.39, 0.29) is 17.9 Å². The highest BCUT2D eigenvalue weighted by Gasteiger charge is 2.35. The minimum Gasteiger partial charge on any atom is -0.489 e. The second-order valence-electron chi connectivity index (χ2n) is 6.20. The fraction of sp³-hybridized carbons (Fsp3) is 0.316. The molecule has 2 aromatic rings. The molecule has 4 nitrogen and oxygen atoms in total. The van der Waals surface area contributed by atoms with Crippen molar-refractivity contribution in [2.24, 2.45) is 0 Å². The normalized spacial score (nSPS) is 19.2. The van der Waals surface area contributed by atoms with E-state index in [0.717, 1.165) is 34.9 Å². The van der Waals surface area contributed by atoms with E-state index < -0.39 is 0 Å². The molecule has 0 fully saturated rings. The summed E-state index contributed by atoms with van der Waals surface area (Å²) in [5.74, 6) is 0.376. The first kappa shape index (κ1) is 14.2. The highest BCUT2D eigenvalue weighted by atomic mass is 16.5. The Balaban J connectivity index is 1.96. The van der Waals surface area contributed by atoms with Crippen molar-refractivity contribution < 1.29 is 14.3 Å². The van der Waals surface area contributed by atoms with Gasteiger partial charge in [-0.15, -0.1) is 0 Å². The lowest BCUT2D eigenvalue weighted by molar-refractivity contribution is 0.0608. The molecule has 0 N–H and O–H groups in total. The summed E-state index contributed by atoms with van der Waals surface area (Å²) in [6.07, 6.45) is 2.31. The molecule has 2 aliphatic rings. The number of rotatable bonds is 3. The first-order valence-corrected chi connectivity index (χ1v) is 8.06. The van der Waals surface area contributed by atoms with Crippen molar-refractivity contribution in [3.63, 3.8) is 0 Å². The average Bonchev–Trinajstić information content (AvgIpc) is 2.92. The fourth-order valence-electron chi connectivity index (χ4n) is 3.51. The van der Waals surface area contributed by atoms with E-state index >= 15 is 0 Å². The molecule has 2 amide bonds. The van der Waals surface area contributed by atoms with Gasteiger partial charge in [-0.3, -0.25) is 14.5 Å². The molecule has 0 aromatic heterocycles. The van der Waals surface area contributed by atoms with E-state index in [0.29, 0.717) is 24.1 Å². The summed E-state index contributed by atoms with van der Waals surface area (Å²) < 4.78 is 5.81. The van der Waals surface area contributed by atoms with Gasteiger partial charge >= 0.3 is 0 Å². The Kier molecular flexibility index (Phi) is 3.15. The van der Waals surface area contributed by atoms with Crippen molar-refractivity contribution in [3.8, 4) is 5.75 Å². The van der Waals surface area contributed by atoms with E-state index in [2.05, 4.69) is 6.92 Å². The van der Waals surface area contributed by atoms with E-state index in [9.17, 15) is 9.59 Å². The zero-order valence-electron chi connectivity index (χ0n) is 13.1. The predicted octanol–water partition coefficient (Wildman–Crippen LogP) is 3.37. The number of ether oxygens (including phenoxy) is 1. The van der Waals surface area contributed by atoms with Gasteiger partial charge in [-0.2, -0.15) is 0 Å². The Morgan fingerprint density at radius 2 is 2.04 bits per heavy atom. The lowest BCUT2D eigenvalue weighted by atomic mass is 9.91. The van der Waals surface area contributed by atoms with Gasteiger partial charge in [0.2, 0.25) is 0 Å². The maximum Gasteiger partial charge on any atom is 0.261 e. The minimum absolute atomic E-state index is 0.144. The van der Waals surface area contributed by atoms with E-state index in [1.807, 2.05) is 25.1 Å². The van der Waals surface area contributed by atoms with Crippen LogP contribution in [0.2, 0.25) is 0 Å².